The third kappa shape index (κ3) is 3.85. The molecule has 0 aromatic heterocycles. The predicted molar refractivity (Wildman–Crippen MR) is 153 cm³/mol. The topological polar surface area (TPSA) is 106 Å². The summed E-state index contributed by atoms with van der Waals surface area (Å²) in [4.78, 5) is 26.5. The maximum Gasteiger partial charge on any atom is 0.249 e. The number of carbonyl (C=O) groups is 2. The molecule has 4 bridgehead atoms. The van der Waals surface area contributed by atoms with E-state index in [0.717, 1.165) is 12.8 Å². The van der Waals surface area contributed by atoms with Gasteiger partial charge in [-0.3, -0.25) is 9.59 Å². The molecule has 4 aliphatic carbocycles. The molecule has 1 aromatic carbocycles. The number of Topliss-reactive ketones (excluding diaryl/α,β-unsaturated/α-hetero) is 2. The van der Waals surface area contributed by atoms with Gasteiger partial charge in [0.05, 0.1) is 33.0 Å². The lowest BCUT2D eigenvalue weighted by molar-refractivity contribution is -0.128. The number of fused-ring (bicyclic) bond motifs is 4. The van der Waals surface area contributed by atoms with E-state index in [2.05, 4.69) is 6.58 Å². The van der Waals surface area contributed by atoms with Crippen LogP contribution in [-0.4, -0.2) is 39.9 Å². The fourth-order valence-corrected chi connectivity index (χ4v) is 14.2. The summed E-state index contributed by atoms with van der Waals surface area (Å²) in [6.45, 7) is 13.3. The number of anilines is 1. The number of nitrogens with zero attached hydrogens (tertiary/aromatic N) is 1. The Bertz CT molecular complexity index is 1430. The fraction of sp³-hybridized carbons (Fsp3) is 0.655. The number of benzene rings is 1. The highest BCUT2D eigenvalue weighted by Gasteiger charge is 2.68. The zero-order valence-corrected chi connectivity index (χ0v) is 25.7. The van der Waals surface area contributed by atoms with Gasteiger partial charge < -0.3 is 0 Å². The van der Waals surface area contributed by atoms with Gasteiger partial charge in [-0.05, 0) is 78.5 Å². The molecule has 4 saturated carbocycles. The smallest absolute Gasteiger partial charge is 0.249 e. The maximum atomic E-state index is 14.3. The Hall–Kier alpha value is -1.71. The van der Waals surface area contributed by atoms with Crippen molar-refractivity contribution in [3.8, 4) is 0 Å². The first-order valence-corrected chi connectivity index (χ1v) is 17.2. The molecule has 4 fully saturated rings. The first-order chi connectivity index (χ1) is 17.8. The molecule has 4 unspecified atom stereocenters. The average Bonchev–Trinajstić information content (AvgIpc) is 3.31. The van der Waals surface area contributed by atoms with Crippen LogP contribution < -0.4 is 3.71 Å². The van der Waals surface area contributed by atoms with E-state index in [1.54, 1.807) is 13.0 Å². The molecule has 0 aliphatic heterocycles. The Morgan fingerprint density at radius 3 is 1.64 bits per heavy atom. The van der Waals surface area contributed by atoms with Crippen LogP contribution in [0.5, 0.6) is 0 Å². The van der Waals surface area contributed by atoms with E-state index < -0.39 is 53.2 Å². The fourth-order valence-electron chi connectivity index (χ4n) is 8.41. The van der Waals surface area contributed by atoms with E-state index in [1.165, 1.54) is 12.1 Å². The molecule has 4 aliphatic rings. The van der Waals surface area contributed by atoms with E-state index in [-0.39, 0.29) is 34.1 Å². The van der Waals surface area contributed by atoms with Gasteiger partial charge in [-0.1, -0.05) is 51.9 Å². The van der Waals surface area contributed by atoms with Crippen LogP contribution in [0, 0.1) is 33.5 Å². The van der Waals surface area contributed by atoms with Crippen molar-refractivity contribution >= 4 is 54.5 Å². The predicted octanol–water partition coefficient (Wildman–Crippen LogP) is 5.63. The second-order valence-electron chi connectivity index (χ2n) is 13.5. The van der Waals surface area contributed by atoms with Crippen molar-refractivity contribution in [2.75, 3.05) is 15.2 Å². The molecule has 0 spiro atoms. The third-order valence-electron chi connectivity index (χ3n) is 11.3. The van der Waals surface area contributed by atoms with Crippen LogP contribution in [0.2, 0.25) is 5.02 Å². The number of carbonyl (C=O) groups excluding carboxylic acids is 2. The number of hydrogen-bond donors (Lipinski definition) is 0. The standard InChI is InChI=1S/C29H38ClNO6S2/c1-18(2)22-8-7-21(15-23(22)30)31(38(34,35)16-28-11-9-19(13-24(28)32)26(28,3)4)39(36,37)17-29-12-10-20(14-25(29)33)27(29,5)6/h7-8,15,19-20H,1,9-14,16-17H2,2-6H3. The lowest BCUT2D eigenvalue weighted by Crippen LogP contribution is -2.52. The van der Waals surface area contributed by atoms with Crippen molar-refractivity contribution in [1.29, 1.82) is 0 Å². The highest BCUT2D eigenvalue weighted by Crippen LogP contribution is 2.66. The molecule has 0 radical (unpaired) electrons. The minimum absolute atomic E-state index is 0.0702. The molecule has 214 valence electrons. The lowest BCUT2D eigenvalue weighted by Gasteiger charge is -2.40. The molecular weight excluding hydrogens is 558 g/mol. The molecular formula is C29H38ClNO6S2. The summed E-state index contributed by atoms with van der Waals surface area (Å²) < 4.78 is 57.9. The largest absolute Gasteiger partial charge is 0.299 e. The van der Waals surface area contributed by atoms with Crippen molar-refractivity contribution in [3.63, 3.8) is 0 Å². The summed E-state index contributed by atoms with van der Waals surface area (Å²) in [7, 11) is -9.20. The number of hydrogen-bond acceptors (Lipinski definition) is 6. The molecule has 0 N–H and O–H groups in total. The Balaban J connectivity index is 1.64. The van der Waals surface area contributed by atoms with Gasteiger partial charge in [-0.15, -0.1) is 0 Å². The van der Waals surface area contributed by atoms with Crippen LogP contribution in [0.25, 0.3) is 5.57 Å². The molecule has 0 saturated heterocycles. The van der Waals surface area contributed by atoms with Crippen molar-refractivity contribution in [2.45, 2.75) is 73.1 Å². The summed E-state index contributed by atoms with van der Waals surface area (Å²) in [5, 5.41) is 0.170. The van der Waals surface area contributed by atoms with Gasteiger partial charge in [0.1, 0.15) is 11.6 Å². The summed E-state index contributed by atoms with van der Waals surface area (Å²) >= 11 is 6.48. The van der Waals surface area contributed by atoms with Crippen LogP contribution in [0.4, 0.5) is 5.69 Å². The Morgan fingerprint density at radius 1 is 0.897 bits per heavy atom. The second kappa shape index (κ2) is 8.65. The summed E-state index contributed by atoms with van der Waals surface area (Å²) in [5.74, 6) is -1.31. The molecule has 5 rings (SSSR count). The number of sulfonamides is 2. The Labute approximate surface area is 237 Å². The van der Waals surface area contributed by atoms with Gasteiger partial charge in [0.25, 0.3) is 0 Å². The van der Waals surface area contributed by atoms with Gasteiger partial charge in [0.15, 0.2) is 0 Å². The van der Waals surface area contributed by atoms with Gasteiger partial charge in [0, 0.05) is 12.8 Å². The van der Waals surface area contributed by atoms with E-state index in [0.29, 0.717) is 40.5 Å². The molecule has 10 heteroatoms. The Morgan fingerprint density at radius 2 is 1.33 bits per heavy atom. The van der Waals surface area contributed by atoms with Crippen molar-refractivity contribution in [2.24, 2.45) is 33.5 Å². The second-order valence-corrected chi connectivity index (χ2v) is 17.8. The summed E-state index contributed by atoms with van der Waals surface area (Å²) in [6, 6.07) is 4.30. The number of halogens is 1. The van der Waals surface area contributed by atoms with Gasteiger partial charge in [-0.25, -0.2) is 16.8 Å². The van der Waals surface area contributed by atoms with Crippen molar-refractivity contribution < 1.29 is 26.4 Å². The maximum absolute atomic E-state index is 14.3. The zero-order valence-electron chi connectivity index (χ0n) is 23.3. The van der Waals surface area contributed by atoms with Crippen LogP contribution in [0.1, 0.15) is 78.7 Å². The van der Waals surface area contributed by atoms with Crippen LogP contribution in [0.3, 0.4) is 0 Å². The number of rotatable bonds is 8. The van der Waals surface area contributed by atoms with Crippen LogP contribution >= 0.6 is 11.6 Å². The first kappa shape index (κ1) is 28.8. The van der Waals surface area contributed by atoms with Crippen molar-refractivity contribution in [3.05, 3.63) is 35.4 Å². The zero-order chi connectivity index (χ0) is 29.0. The monoisotopic (exact) mass is 595 g/mol. The number of allylic oxidation sites excluding steroid dienone is 1. The number of ketones is 2. The minimum atomic E-state index is -4.60. The van der Waals surface area contributed by atoms with E-state index in [9.17, 15) is 26.4 Å². The molecule has 0 amide bonds. The minimum Gasteiger partial charge on any atom is -0.299 e. The SMILES string of the molecule is C=C(C)c1ccc(N(S(=O)(=O)CC23CCC(CC2=O)C3(C)C)S(=O)(=O)CC23CCC(CC2=O)C3(C)C)cc1Cl. The van der Waals surface area contributed by atoms with E-state index in [4.69, 9.17) is 11.6 Å². The van der Waals surface area contributed by atoms with Gasteiger partial charge in [0.2, 0.25) is 20.0 Å². The summed E-state index contributed by atoms with van der Waals surface area (Å²) in [5.41, 5.74) is -2.37. The van der Waals surface area contributed by atoms with Crippen LogP contribution in [0.15, 0.2) is 24.8 Å². The Kier molecular flexibility index (Phi) is 6.39. The molecule has 39 heavy (non-hydrogen) atoms. The third-order valence-corrected chi connectivity index (χ3v) is 16.1. The van der Waals surface area contributed by atoms with E-state index >= 15 is 0 Å². The van der Waals surface area contributed by atoms with E-state index in [1.807, 2.05) is 27.7 Å². The molecule has 1 aromatic rings. The molecule has 7 nitrogen and oxygen atoms in total. The normalized spacial score (nSPS) is 32.7. The van der Waals surface area contributed by atoms with Gasteiger partial charge in [-0.2, -0.15) is 3.71 Å². The van der Waals surface area contributed by atoms with Crippen molar-refractivity contribution in [1.82, 2.24) is 0 Å². The lowest BCUT2D eigenvalue weighted by atomic mass is 9.70. The highest BCUT2D eigenvalue weighted by molar-refractivity contribution is 8.10. The van der Waals surface area contributed by atoms with Crippen LogP contribution in [-0.2, 0) is 29.6 Å². The quantitative estimate of drug-likeness (QED) is 0.386. The first-order valence-electron chi connectivity index (χ1n) is 13.6. The van der Waals surface area contributed by atoms with Gasteiger partial charge >= 0.3 is 0 Å². The highest BCUT2D eigenvalue weighted by atomic mass is 35.5. The average molecular weight is 596 g/mol. The molecule has 0 heterocycles. The summed E-state index contributed by atoms with van der Waals surface area (Å²) in [6.07, 6.45) is 2.88. The molecule has 4 atom stereocenters.